The predicted octanol–water partition coefficient (Wildman–Crippen LogP) is 1.06. The number of amides is 1. The molecule has 2 heterocycles. The van der Waals surface area contributed by atoms with Gasteiger partial charge in [-0.1, -0.05) is 0 Å². The van der Waals surface area contributed by atoms with Crippen LogP contribution in [-0.4, -0.2) is 37.1 Å². The van der Waals surface area contributed by atoms with E-state index in [1.54, 1.807) is 11.0 Å². The molecule has 0 N–H and O–H groups in total. The highest BCUT2D eigenvalue weighted by atomic mass is 16.5. The van der Waals surface area contributed by atoms with E-state index in [0.717, 1.165) is 5.76 Å². The van der Waals surface area contributed by atoms with Gasteiger partial charge >= 0.3 is 0 Å². The van der Waals surface area contributed by atoms with Crippen molar-refractivity contribution in [2.45, 2.75) is 6.92 Å². The Hall–Kier alpha value is -1.29. The van der Waals surface area contributed by atoms with Gasteiger partial charge in [0.2, 0.25) is 0 Å². The van der Waals surface area contributed by atoms with Crippen molar-refractivity contribution in [3.63, 3.8) is 0 Å². The van der Waals surface area contributed by atoms with E-state index >= 15 is 0 Å². The maximum absolute atomic E-state index is 11.8. The van der Waals surface area contributed by atoms with Crippen LogP contribution in [0, 0.1) is 6.92 Å². The minimum absolute atomic E-state index is 0.0325. The predicted molar refractivity (Wildman–Crippen MR) is 50.2 cm³/mol. The largest absolute Gasteiger partial charge is 0.469 e. The molecule has 2 rings (SSSR count). The average molecular weight is 195 g/mol. The van der Waals surface area contributed by atoms with E-state index in [4.69, 9.17) is 9.15 Å². The molecule has 76 valence electrons. The van der Waals surface area contributed by atoms with Gasteiger partial charge in [-0.2, -0.15) is 0 Å². The first-order valence-corrected chi connectivity index (χ1v) is 4.69. The Morgan fingerprint density at radius 1 is 1.43 bits per heavy atom. The molecule has 0 spiro atoms. The highest BCUT2D eigenvalue weighted by Crippen LogP contribution is 2.10. The zero-order valence-corrected chi connectivity index (χ0v) is 8.16. The Labute approximate surface area is 82.4 Å². The summed E-state index contributed by atoms with van der Waals surface area (Å²) in [6.07, 6.45) is 1.51. The molecule has 0 bridgehead atoms. The molecular formula is C10H13NO3. The smallest absolute Gasteiger partial charge is 0.257 e. The monoisotopic (exact) mass is 195 g/mol. The van der Waals surface area contributed by atoms with Gasteiger partial charge in [0.1, 0.15) is 12.0 Å². The van der Waals surface area contributed by atoms with Crippen molar-refractivity contribution in [3.05, 3.63) is 23.7 Å². The van der Waals surface area contributed by atoms with Crippen LogP contribution in [-0.2, 0) is 4.74 Å². The molecule has 1 saturated heterocycles. The molecule has 1 aliphatic heterocycles. The second-order valence-electron chi connectivity index (χ2n) is 3.35. The number of hydrogen-bond donors (Lipinski definition) is 0. The third-order valence-electron chi connectivity index (χ3n) is 2.28. The fourth-order valence-electron chi connectivity index (χ4n) is 1.50. The van der Waals surface area contributed by atoms with Crippen LogP contribution in [0.25, 0.3) is 0 Å². The van der Waals surface area contributed by atoms with Crippen molar-refractivity contribution in [3.8, 4) is 0 Å². The number of aryl methyl sites for hydroxylation is 1. The summed E-state index contributed by atoms with van der Waals surface area (Å²) in [7, 11) is 0. The van der Waals surface area contributed by atoms with Crippen molar-refractivity contribution < 1.29 is 13.9 Å². The molecule has 1 fully saturated rings. The lowest BCUT2D eigenvalue weighted by Gasteiger charge is -2.26. The number of morpholine rings is 1. The highest BCUT2D eigenvalue weighted by Gasteiger charge is 2.19. The molecular weight excluding hydrogens is 182 g/mol. The van der Waals surface area contributed by atoms with Crippen LogP contribution in [0.3, 0.4) is 0 Å². The second-order valence-corrected chi connectivity index (χ2v) is 3.35. The van der Waals surface area contributed by atoms with Crippen LogP contribution < -0.4 is 0 Å². The molecule has 4 heteroatoms. The molecule has 0 unspecified atom stereocenters. The topological polar surface area (TPSA) is 42.7 Å². The first-order valence-electron chi connectivity index (χ1n) is 4.69. The Morgan fingerprint density at radius 3 is 2.71 bits per heavy atom. The summed E-state index contributed by atoms with van der Waals surface area (Å²) in [5.74, 6) is 0.798. The lowest BCUT2D eigenvalue weighted by atomic mass is 10.2. The van der Waals surface area contributed by atoms with Crippen molar-refractivity contribution in [1.29, 1.82) is 0 Å². The fourth-order valence-corrected chi connectivity index (χ4v) is 1.50. The summed E-state index contributed by atoms with van der Waals surface area (Å²) in [5.41, 5.74) is 0.629. The molecule has 0 atom stereocenters. The number of ether oxygens (including phenoxy) is 1. The molecule has 14 heavy (non-hydrogen) atoms. The van der Waals surface area contributed by atoms with E-state index in [1.165, 1.54) is 6.26 Å². The summed E-state index contributed by atoms with van der Waals surface area (Å²) < 4.78 is 10.3. The summed E-state index contributed by atoms with van der Waals surface area (Å²) >= 11 is 0. The van der Waals surface area contributed by atoms with Crippen molar-refractivity contribution in [2.75, 3.05) is 26.3 Å². The number of rotatable bonds is 1. The molecule has 1 aromatic rings. The first-order chi connectivity index (χ1) is 6.77. The summed E-state index contributed by atoms with van der Waals surface area (Å²) in [5, 5.41) is 0. The molecule has 1 amide bonds. The quantitative estimate of drug-likeness (QED) is 0.673. The molecule has 0 aromatic carbocycles. The van der Waals surface area contributed by atoms with Crippen LogP contribution in [0.4, 0.5) is 0 Å². The Morgan fingerprint density at radius 2 is 2.14 bits per heavy atom. The van der Waals surface area contributed by atoms with E-state index in [-0.39, 0.29) is 5.91 Å². The van der Waals surface area contributed by atoms with Crippen LogP contribution in [0.1, 0.15) is 16.1 Å². The van der Waals surface area contributed by atoms with Gasteiger partial charge in [0.25, 0.3) is 5.91 Å². The number of hydrogen-bond acceptors (Lipinski definition) is 3. The number of nitrogens with zero attached hydrogens (tertiary/aromatic N) is 1. The zero-order valence-electron chi connectivity index (χ0n) is 8.16. The van der Waals surface area contributed by atoms with E-state index < -0.39 is 0 Å². The van der Waals surface area contributed by atoms with Gasteiger partial charge in [0.05, 0.1) is 18.8 Å². The Kier molecular flexibility index (Phi) is 2.54. The molecule has 1 aromatic heterocycles. The van der Waals surface area contributed by atoms with Crippen molar-refractivity contribution >= 4 is 5.91 Å². The zero-order chi connectivity index (χ0) is 9.97. The first kappa shape index (κ1) is 9.27. The van der Waals surface area contributed by atoms with Crippen molar-refractivity contribution in [1.82, 2.24) is 4.90 Å². The summed E-state index contributed by atoms with van der Waals surface area (Å²) in [4.78, 5) is 13.6. The van der Waals surface area contributed by atoms with E-state index in [2.05, 4.69) is 0 Å². The van der Waals surface area contributed by atoms with Gasteiger partial charge in [-0.25, -0.2) is 0 Å². The minimum Gasteiger partial charge on any atom is -0.469 e. The van der Waals surface area contributed by atoms with Crippen LogP contribution in [0.2, 0.25) is 0 Å². The summed E-state index contributed by atoms with van der Waals surface area (Å²) in [6, 6.07) is 1.76. The molecule has 0 aliphatic carbocycles. The van der Waals surface area contributed by atoms with E-state index in [9.17, 15) is 4.79 Å². The van der Waals surface area contributed by atoms with Gasteiger partial charge in [-0.3, -0.25) is 4.79 Å². The standard InChI is InChI=1S/C10H13NO3/c1-8-6-9(7-14-8)10(12)11-2-4-13-5-3-11/h6-7H,2-5H2,1H3. The molecule has 0 radical (unpaired) electrons. The van der Waals surface area contributed by atoms with Gasteiger partial charge in [0.15, 0.2) is 0 Å². The third-order valence-corrected chi connectivity index (χ3v) is 2.28. The lowest BCUT2D eigenvalue weighted by Crippen LogP contribution is -2.40. The van der Waals surface area contributed by atoms with Gasteiger partial charge < -0.3 is 14.1 Å². The average Bonchev–Trinajstić information content (AvgIpc) is 2.65. The number of carbonyl (C=O) groups is 1. The number of carbonyl (C=O) groups excluding carboxylic acids is 1. The minimum atomic E-state index is 0.0325. The highest BCUT2D eigenvalue weighted by molar-refractivity contribution is 5.94. The normalized spacial score (nSPS) is 17.1. The van der Waals surface area contributed by atoms with Gasteiger partial charge in [-0.15, -0.1) is 0 Å². The van der Waals surface area contributed by atoms with Gasteiger partial charge in [-0.05, 0) is 13.0 Å². The molecule has 0 saturated carbocycles. The van der Waals surface area contributed by atoms with Crippen LogP contribution in [0.15, 0.2) is 16.7 Å². The maximum Gasteiger partial charge on any atom is 0.257 e. The number of furan rings is 1. The Bertz CT molecular complexity index is 326. The van der Waals surface area contributed by atoms with Crippen LogP contribution >= 0.6 is 0 Å². The van der Waals surface area contributed by atoms with Gasteiger partial charge in [0, 0.05) is 13.1 Å². The lowest BCUT2D eigenvalue weighted by molar-refractivity contribution is 0.0302. The molecule has 1 aliphatic rings. The second kappa shape index (κ2) is 3.84. The Balaban J connectivity index is 2.07. The SMILES string of the molecule is Cc1cc(C(=O)N2CCOCC2)co1. The molecule has 4 nitrogen and oxygen atoms in total. The van der Waals surface area contributed by atoms with Crippen LogP contribution in [0.5, 0.6) is 0 Å². The fraction of sp³-hybridized carbons (Fsp3) is 0.500. The maximum atomic E-state index is 11.8. The summed E-state index contributed by atoms with van der Waals surface area (Å²) in [6.45, 7) is 4.42. The van der Waals surface area contributed by atoms with E-state index in [1.807, 2.05) is 6.92 Å². The van der Waals surface area contributed by atoms with Crippen molar-refractivity contribution in [2.24, 2.45) is 0 Å². The third kappa shape index (κ3) is 1.80. The van der Waals surface area contributed by atoms with E-state index in [0.29, 0.717) is 31.9 Å².